The number of nitrogens with zero attached hydrogens (tertiary/aromatic N) is 1. The molecule has 1 N–H and O–H groups in total. The molecule has 1 unspecified atom stereocenters. The van der Waals surface area contributed by atoms with E-state index in [1.165, 1.54) is 0 Å². The van der Waals surface area contributed by atoms with Crippen molar-refractivity contribution in [3.8, 4) is 0 Å². The smallest absolute Gasteiger partial charge is 0.408 e. The number of hydrogen-bond donors (Lipinski definition) is 1. The Labute approximate surface area is 106 Å². The molecule has 1 aliphatic rings. The first kappa shape index (κ1) is 14.5. The lowest BCUT2D eigenvalue weighted by molar-refractivity contribution is -0.155. The van der Waals surface area contributed by atoms with Gasteiger partial charge >= 0.3 is 12.1 Å². The summed E-state index contributed by atoms with van der Waals surface area (Å²) in [4.78, 5) is 35.1. The van der Waals surface area contributed by atoms with Crippen molar-refractivity contribution in [3.05, 3.63) is 0 Å². The molecule has 0 saturated carbocycles. The van der Waals surface area contributed by atoms with Crippen LogP contribution in [-0.4, -0.2) is 47.0 Å². The van der Waals surface area contributed by atoms with Crippen LogP contribution in [0.4, 0.5) is 4.79 Å². The molecule has 0 aromatic carbocycles. The maximum absolute atomic E-state index is 11.8. The number of piperidine rings is 1. The van der Waals surface area contributed by atoms with Crippen LogP contribution in [0, 0.1) is 5.41 Å². The molecule has 6 heteroatoms. The van der Waals surface area contributed by atoms with Crippen molar-refractivity contribution in [2.45, 2.75) is 39.7 Å². The van der Waals surface area contributed by atoms with E-state index in [1.54, 1.807) is 0 Å². The second-order valence-corrected chi connectivity index (χ2v) is 5.65. The number of esters is 1. The SMILES string of the molecule is CC(C)(C)COC(=O)C1CC(=O)CCN1C(=O)O. The van der Waals surface area contributed by atoms with Gasteiger partial charge in [0.05, 0.1) is 6.61 Å². The summed E-state index contributed by atoms with van der Waals surface area (Å²) in [5, 5.41) is 8.98. The summed E-state index contributed by atoms with van der Waals surface area (Å²) in [5.74, 6) is -0.745. The van der Waals surface area contributed by atoms with Gasteiger partial charge in [-0.25, -0.2) is 9.59 Å². The second kappa shape index (κ2) is 5.37. The topological polar surface area (TPSA) is 83.9 Å². The monoisotopic (exact) mass is 257 g/mol. The molecule has 6 nitrogen and oxygen atoms in total. The third-order valence-corrected chi connectivity index (χ3v) is 2.59. The highest BCUT2D eigenvalue weighted by Crippen LogP contribution is 2.18. The Morgan fingerprint density at radius 3 is 2.56 bits per heavy atom. The van der Waals surface area contributed by atoms with Crippen LogP contribution in [-0.2, 0) is 14.3 Å². The van der Waals surface area contributed by atoms with Gasteiger partial charge in [-0.1, -0.05) is 20.8 Å². The Kier molecular flexibility index (Phi) is 4.32. The summed E-state index contributed by atoms with van der Waals surface area (Å²) >= 11 is 0. The Balaban J connectivity index is 2.67. The number of rotatable bonds is 2. The number of Topliss-reactive ketones (excluding diaryl/α,β-unsaturated/α-hetero) is 1. The molecule has 1 heterocycles. The minimum absolute atomic E-state index is 0.0590. The lowest BCUT2D eigenvalue weighted by Crippen LogP contribution is -2.50. The molecule has 0 bridgehead atoms. The Bertz CT molecular complexity index is 358. The predicted octanol–water partition coefficient (Wildman–Crippen LogP) is 1.29. The number of carbonyl (C=O) groups excluding carboxylic acids is 2. The molecule has 1 fully saturated rings. The average molecular weight is 257 g/mol. The first-order valence-electron chi connectivity index (χ1n) is 5.88. The predicted molar refractivity (Wildman–Crippen MR) is 63.2 cm³/mol. The van der Waals surface area contributed by atoms with Crippen molar-refractivity contribution in [1.29, 1.82) is 0 Å². The standard InChI is InChI=1S/C12H19NO5/c1-12(2,3)7-18-10(15)9-6-8(14)4-5-13(9)11(16)17/h9H,4-7H2,1-3H3,(H,16,17). The maximum atomic E-state index is 11.8. The quantitative estimate of drug-likeness (QED) is 0.753. The summed E-state index contributed by atoms with van der Waals surface area (Å²) in [5.41, 5.74) is -0.192. The van der Waals surface area contributed by atoms with Crippen molar-refractivity contribution in [2.75, 3.05) is 13.2 Å². The van der Waals surface area contributed by atoms with Gasteiger partial charge in [0.2, 0.25) is 0 Å². The van der Waals surface area contributed by atoms with Crippen LogP contribution in [0.2, 0.25) is 0 Å². The van der Waals surface area contributed by atoms with Gasteiger partial charge in [0.1, 0.15) is 11.8 Å². The minimum atomic E-state index is -1.19. The van der Waals surface area contributed by atoms with Crippen molar-refractivity contribution in [2.24, 2.45) is 5.41 Å². The van der Waals surface area contributed by atoms with Crippen molar-refractivity contribution in [3.63, 3.8) is 0 Å². The van der Waals surface area contributed by atoms with Crippen molar-refractivity contribution in [1.82, 2.24) is 4.90 Å². The number of likely N-dealkylation sites (tertiary alicyclic amines) is 1. The fourth-order valence-corrected chi connectivity index (χ4v) is 1.65. The van der Waals surface area contributed by atoms with Gasteiger partial charge < -0.3 is 9.84 Å². The average Bonchev–Trinajstić information content (AvgIpc) is 2.24. The van der Waals surface area contributed by atoms with E-state index in [0.717, 1.165) is 4.90 Å². The fourth-order valence-electron chi connectivity index (χ4n) is 1.65. The summed E-state index contributed by atoms with van der Waals surface area (Å²) in [7, 11) is 0. The first-order chi connectivity index (χ1) is 8.20. The zero-order valence-electron chi connectivity index (χ0n) is 10.9. The maximum Gasteiger partial charge on any atom is 0.408 e. The lowest BCUT2D eigenvalue weighted by atomic mass is 9.98. The van der Waals surface area contributed by atoms with E-state index in [1.807, 2.05) is 20.8 Å². The largest absolute Gasteiger partial charge is 0.465 e. The molecule has 1 atom stereocenters. The van der Waals surface area contributed by atoms with Gasteiger partial charge in [0.15, 0.2) is 0 Å². The molecule has 1 rings (SSSR count). The van der Waals surface area contributed by atoms with Crippen LogP contribution < -0.4 is 0 Å². The normalized spacial score (nSPS) is 20.7. The number of hydrogen-bond acceptors (Lipinski definition) is 4. The fraction of sp³-hybridized carbons (Fsp3) is 0.750. The molecule has 0 aromatic heterocycles. The van der Waals surface area contributed by atoms with E-state index in [0.29, 0.717) is 0 Å². The Morgan fingerprint density at radius 2 is 2.06 bits per heavy atom. The van der Waals surface area contributed by atoms with E-state index < -0.39 is 18.1 Å². The van der Waals surface area contributed by atoms with Crippen LogP contribution in [0.1, 0.15) is 33.6 Å². The molecule has 18 heavy (non-hydrogen) atoms. The highest BCUT2D eigenvalue weighted by atomic mass is 16.5. The van der Waals surface area contributed by atoms with Gasteiger partial charge in [-0.3, -0.25) is 9.69 Å². The van der Waals surface area contributed by atoms with Crippen molar-refractivity contribution < 1.29 is 24.2 Å². The van der Waals surface area contributed by atoms with Gasteiger partial charge in [0, 0.05) is 19.4 Å². The van der Waals surface area contributed by atoms with E-state index in [2.05, 4.69) is 0 Å². The van der Waals surface area contributed by atoms with Gasteiger partial charge in [-0.2, -0.15) is 0 Å². The van der Waals surface area contributed by atoms with Crippen LogP contribution in [0.15, 0.2) is 0 Å². The number of amides is 1. The zero-order chi connectivity index (χ0) is 13.9. The zero-order valence-corrected chi connectivity index (χ0v) is 10.9. The Hall–Kier alpha value is -1.59. The Morgan fingerprint density at radius 1 is 1.44 bits per heavy atom. The molecule has 0 aliphatic carbocycles. The lowest BCUT2D eigenvalue weighted by Gasteiger charge is -2.31. The number of carboxylic acid groups (broad SMARTS) is 1. The number of carbonyl (C=O) groups is 3. The van der Waals surface area contributed by atoms with Gasteiger partial charge in [-0.15, -0.1) is 0 Å². The molecule has 0 radical (unpaired) electrons. The van der Waals surface area contributed by atoms with Crippen LogP contribution in [0.3, 0.4) is 0 Å². The number of ketones is 1. The molecule has 1 amide bonds. The molecule has 0 aromatic rings. The van der Waals surface area contributed by atoms with Crippen LogP contribution in [0.25, 0.3) is 0 Å². The summed E-state index contributed by atoms with van der Waals surface area (Å²) in [6.07, 6.45) is -1.12. The third kappa shape index (κ3) is 4.01. The molecule has 102 valence electrons. The van der Waals surface area contributed by atoms with E-state index in [-0.39, 0.29) is 37.2 Å². The van der Waals surface area contributed by atoms with Crippen molar-refractivity contribution >= 4 is 17.8 Å². The minimum Gasteiger partial charge on any atom is -0.465 e. The molecule has 1 aliphatic heterocycles. The molecular weight excluding hydrogens is 238 g/mol. The van der Waals surface area contributed by atoms with Gasteiger partial charge in [-0.05, 0) is 5.41 Å². The number of ether oxygens (including phenoxy) is 1. The molecule has 0 spiro atoms. The van der Waals surface area contributed by atoms with E-state index in [9.17, 15) is 14.4 Å². The van der Waals surface area contributed by atoms with Crippen LogP contribution in [0.5, 0.6) is 0 Å². The second-order valence-electron chi connectivity index (χ2n) is 5.65. The summed E-state index contributed by atoms with van der Waals surface area (Å²) in [6, 6.07) is -0.994. The highest BCUT2D eigenvalue weighted by Gasteiger charge is 2.37. The highest BCUT2D eigenvalue weighted by molar-refractivity contribution is 5.90. The summed E-state index contributed by atoms with van der Waals surface area (Å²) < 4.78 is 5.08. The molecule has 1 saturated heterocycles. The van der Waals surface area contributed by atoms with Crippen LogP contribution >= 0.6 is 0 Å². The van der Waals surface area contributed by atoms with E-state index in [4.69, 9.17) is 9.84 Å². The van der Waals surface area contributed by atoms with Gasteiger partial charge in [0.25, 0.3) is 0 Å². The third-order valence-electron chi connectivity index (χ3n) is 2.59. The first-order valence-corrected chi connectivity index (χ1v) is 5.88. The van der Waals surface area contributed by atoms with E-state index >= 15 is 0 Å². The molecular formula is C12H19NO5. The summed E-state index contributed by atoms with van der Waals surface area (Å²) in [6.45, 7) is 5.97.